The van der Waals surface area contributed by atoms with Gasteiger partial charge >= 0.3 is 0 Å². The van der Waals surface area contributed by atoms with Crippen molar-refractivity contribution in [1.29, 1.82) is 0 Å². The van der Waals surface area contributed by atoms with Crippen LogP contribution < -0.4 is 0 Å². The van der Waals surface area contributed by atoms with Crippen molar-refractivity contribution in [1.82, 2.24) is 9.55 Å². The average Bonchev–Trinajstić information content (AvgIpc) is 3.00. The van der Waals surface area contributed by atoms with Gasteiger partial charge in [0.15, 0.2) is 0 Å². The Balaban J connectivity index is 1.86. The van der Waals surface area contributed by atoms with E-state index in [1.165, 1.54) is 0 Å². The third-order valence-electron chi connectivity index (χ3n) is 3.60. The lowest BCUT2D eigenvalue weighted by atomic mass is 10.0. The molecule has 0 N–H and O–H groups in total. The van der Waals surface area contributed by atoms with Gasteiger partial charge in [0.05, 0.1) is 24.1 Å². The monoisotopic (exact) mass is 244 g/mol. The summed E-state index contributed by atoms with van der Waals surface area (Å²) in [6, 6.07) is 7.95. The molecule has 4 heteroatoms. The number of rotatable bonds is 3. The molecule has 2 heterocycles. The van der Waals surface area contributed by atoms with Crippen LogP contribution >= 0.6 is 0 Å². The Labute approximate surface area is 106 Å². The molecular weight excluding hydrogens is 228 g/mol. The van der Waals surface area contributed by atoms with Gasteiger partial charge in [0.2, 0.25) is 0 Å². The topological polar surface area (TPSA) is 44.1 Å². The second-order valence-corrected chi connectivity index (χ2v) is 4.78. The summed E-state index contributed by atoms with van der Waals surface area (Å²) < 4.78 is 7.26. The Morgan fingerprint density at radius 1 is 1.50 bits per heavy atom. The molecule has 1 aromatic heterocycles. The number of fused-ring (bicyclic) bond motifs is 1. The number of Topliss-reactive ketones (excluding diaryl/α,β-unsaturated/α-hetero) is 1. The fraction of sp³-hybridized carbons (Fsp3) is 0.429. The first-order valence-corrected chi connectivity index (χ1v) is 6.26. The summed E-state index contributed by atoms with van der Waals surface area (Å²) in [5.74, 6) is 1.14. The summed E-state index contributed by atoms with van der Waals surface area (Å²) in [5.41, 5.74) is 2.02. The lowest BCUT2D eigenvalue weighted by Gasteiger charge is -2.06. The zero-order valence-corrected chi connectivity index (χ0v) is 10.4. The van der Waals surface area contributed by atoms with Gasteiger partial charge in [0.25, 0.3) is 0 Å². The van der Waals surface area contributed by atoms with E-state index in [0.717, 1.165) is 23.3 Å². The van der Waals surface area contributed by atoms with E-state index in [9.17, 15) is 4.79 Å². The van der Waals surface area contributed by atoms with E-state index in [1.807, 2.05) is 35.9 Å². The molecule has 0 radical (unpaired) electrons. The predicted octanol–water partition coefficient (Wildman–Crippen LogP) is 1.72. The highest BCUT2D eigenvalue weighted by molar-refractivity contribution is 5.84. The average molecular weight is 244 g/mol. The lowest BCUT2D eigenvalue weighted by Crippen LogP contribution is -2.18. The van der Waals surface area contributed by atoms with Crippen LogP contribution in [0.25, 0.3) is 11.0 Å². The minimum atomic E-state index is 0.0600. The van der Waals surface area contributed by atoms with Gasteiger partial charge in [0.1, 0.15) is 11.6 Å². The summed E-state index contributed by atoms with van der Waals surface area (Å²) >= 11 is 0. The summed E-state index contributed by atoms with van der Waals surface area (Å²) in [5, 5.41) is 0. The number of aryl methyl sites for hydroxylation is 1. The molecule has 1 aliphatic rings. The van der Waals surface area contributed by atoms with Crippen LogP contribution in [0, 0.1) is 5.92 Å². The SMILES string of the molecule is Cn1c(CC(=O)C2CCOC2)nc2ccccc21. The number of para-hydroxylation sites is 2. The maximum absolute atomic E-state index is 12.1. The van der Waals surface area contributed by atoms with Crippen LogP contribution in [0.1, 0.15) is 12.2 Å². The molecule has 1 aliphatic heterocycles. The van der Waals surface area contributed by atoms with Crippen LogP contribution in [0.15, 0.2) is 24.3 Å². The maximum atomic E-state index is 12.1. The first-order valence-electron chi connectivity index (χ1n) is 6.26. The molecule has 0 amide bonds. The number of ketones is 1. The Morgan fingerprint density at radius 3 is 3.06 bits per heavy atom. The highest BCUT2D eigenvalue weighted by Gasteiger charge is 2.24. The minimum Gasteiger partial charge on any atom is -0.381 e. The molecule has 0 spiro atoms. The molecule has 3 rings (SSSR count). The number of ether oxygens (including phenoxy) is 1. The summed E-state index contributed by atoms with van der Waals surface area (Å²) in [6.07, 6.45) is 1.25. The number of carbonyl (C=O) groups is 1. The van der Waals surface area contributed by atoms with Gasteiger partial charge in [-0.15, -0.1) is 0 Å². The molecule has 1 unspecified atom stereocenters. The Hall–Kier alpha value is -1.68. The van der Waals surface area contributed by atoms with Gasteiger partial charge in [0, 0.05) is 19.6 Å². The molecule has 2 aromatic rings. The van der Waals surface area contributed by atoms with Crippen molar-refractivity contribution in [3.8, 4) is 0 Å². The molecular formula is C14H16N2O2. The van der Waals surface area contributed by atoms with E-state index in [4.69, 9.17) is 4.74 Å². The fourth-order valence-corrected chi connectivity index (χ4v) is 2.44. The molecule has 0 aliphatic carbocycles. The van der Waals surface area contributed by atoms with E-state index in [0.29, 0.717) is 19.6 Å². The van der Waals surface area contributed by atoms with E-state index < -0.39 is 0 Å². The quantitative estimate of drug-likeness (QED) is 0.825. The van der Waals surface area contributed by atoms with E-state index in [2.05, 4.69) is 4.98 Å². The predicted molar refractivity (Wildman–Crippen MR) is 68.4 cm³/mol. The van der Waals surface area contributed by atoms with Gasteiger partial charge in [-0.2, -0.15) is 0 Å². The number of imidazole rings is 1. The number of aromatic nitrogens is 2. The standard InChI is InChI=1S/C14H16N2O2/c1-16-12-5-3-2-4-11(12)15-14(16)8-13(17)10-6-7-18-9-10/h2-5,10H,6-9H2,1H3. The zero-order valence-electron chi connectivity index (χ0n) is 10.4. The Morgan fingerprint density at radius 2 is 2.33 bits per heavy atom. The largest absolute Gasteiger partial charge is 0.381 e. The summed E-state index contributed by atoms with van der Waals surface area (Å²) in [4.78, 5) is 16.6. The van der Waals surface area contributed by atoms with Crippen LogP contribution in [0.2, 0.25) is 0 Å². The maximum Gasteiger partial charge on any atom is 0.145 e. The second kappa shape index (κ2) is 4.53. The molecule has 4 nitrogen and oxygen atoms in total. The smallest absolute Gasteiger partial charge is 0.145 e. The first kappa shape index (κ1) is 11.4. The zero-order chi connectivity index (χ0) is 12.5. The minimum absolute atomic E-state index is 0.0600. The van der Waals surface area contributed by atoms with Crippen molar-refractivity contribution in [2.45, 2.75) is 12.8 Å². The third kappa shape index (κ3) is 1.93. The first-order chi connectivity index (χ1) is 8.75. The van der Waals surface area contributed by atoms with Gasteiger partial charge in [-0.05, 0) is 18.6 Å². The van der Waals surface area contributed by atoms with Crippen LogP contribution in [-0.4, -0.2) is 28.5 Å². The number of carbonyl (C=O) groups excluding carboxylic acids is 1. The molecule has 1 atom stereocenters. The number of nitrogens with zero attached hydrogens (tertiary/aromatic N) is 2. The summed E-state index contributed by atoms with van der Waals surface area (Å²) in [6.45, 7) is 1.28. The molecule has 0 bridgehead atoms. The van der Waals surface area contributed by atoms with Crippen LogP contribution in [0.5, 0.6) is 0 Å². The third-order valence-corrected chi connectivity index (χ3v) is 3.60. The Kier molecular flexibility index (Phi) is 2.88. The normalized spacial score (nSPS) is 19.5. The molecule has 0 saturated carbocycles. The van der Waals surface area contributed by atoms with Crippen LogP contribution in [0.4, 0.5) is 0 Å². The lowest BCUT2D eigenvalue weighted by molar-refractivity contribution is -0.122. The van der Waals surface area contributed by atoms with Crippen molar-refractivity contribution in [3.05, 3.63) is 30.1 Å². The Bertz CT molecular complexity index is 582. The molecule has 1 aromatic carbocycles. The fourth-order valence-electron chi connectivity index (χ4n) is 2.44. The molecule has 18 heavy (non-hydrogen) atoms. The molecule has 94 valence electrons. The van der Waals surface area contributed by atoms with E-state index in [-0.39, 0.29) is 11.7 Å². The number of hydrogen-bond acceptors (Lipinski definition) is 3. The molecule has 1 saturated heterocycles. The highest BCUT2D eigenvalue weighted by Crippen LogP contribution is 2.18. The van der Waals surface area contributed by atoms with Crippen molar-refractivity contribution in [2.24, 2.45) is 13.0 Å². The van der Waals surface area contributed by atoms with E-state index >= 15 is 0 Å². The van der Waals surface area contributed by atoms with Gasteiger partial charge in [-0.1, -0.05) is 12.1 Å². The van der Waals surface area contributed by atoms with Gasteiger partial charge in [-0.3, -0.25) is 4.79 Å². The van der Waals surface area contributed by atoms with Gasteiger partial charge < -0.3 is 9.30 Å². The second-order valence-electron chi connectivity index (χ2n) is 4.78. The molecule has 1 fully saturated rings. The number of hydrogen-bond donors (Lipinski definition) is 0. The van der Waals surface area contributed by atoms with Crippen molar-refractivity contribution < 1.29 is 9.53 Å². The van der Waals surface area contributed by atoms with Gasteiger partial charge in [-0.25, -0.2) is 4.98 Å². The van der Waals surface area contributed by atoms with Crippen molar-refractivity contribution in [2.75, 3.05) is 13.2 Å². The highest BCUT2D eigenvalue weighted by atomic mass is 16.5. The van der Waals surface area contributed by atoms with Crippen LogP contribution in [0.3, 0.4) is 0 Å². The summed E-state index contributed by atoms with van der Waals surface area (Å²) in [7, 11) is 1.96. The van der Waals surface area contributed by atoms with Crippen LogP contribution in [-0.2, 0) is 23.0 Å². The number of benzene rings is 1. The van der Waals surface area contributed by atoms with Crippen molar-refractivity contribution >= 4 is 16.8 Å². The van der Waals surface area contributed by atoms with E-state index in [1.54, 1.807) is 0 Å². The van der Waals surface area contributed by atoms with Crippen molar-refractivity contribution in [3.63, 3.8) is 0 Å².